The van der Waals surface area contributed by atoms with Crippen molar-refractivity contribution in [3.63, 3.8) is 0 Å². The van der Waals surface area contributed by atoms with Crippen LogP contribution in [0.15, 0.2) is 0 Å². The van der Waals surface area contributed by atoms with Crippen molar-refractivity contribution < 1.29 is 36.8 Å². The fourth-order valence-corrected chi connectivity index (χ4v) is 0. The molecule has 0 aromatic heterocycles. The normalized spacial score (nSPS) is 9.75. The fraction of sp³-hybridized carbons (Fsp3) is 0. The summed E-state index contributed by atoms with van der Waals surface area (Å²) in [6.45, 7) is 0. The molecule has 76 valence electrons. The summed E-state index contributed by atoms with van der Waals surface area (Å²) in [5.74, 6) is 0. The average Bonchev–Trinajstić information content (AvgIpc) is 1.12. The van der Waals surface area contributed by atoms with E-state index >= 15 is 0 Å². The third-order valence-electron chi connectivity index (χ3n) is 0. The molecular formula is H10AlO8PPbS. The van der Waals surface area contributed by atoms with E-state index in [9.17, 15) is 0 Å². The van der Waals surface area contributed by atoms with Gasteiger partial charge < -0.3 is 14.7 Å². The van der Waals surface area contributed by atoms with Gasteiger partial charge in [-0.3, -0.25) is 9.11 Å². The molecule has 12 heteroatoms. The summed E-state index contributed by atoms with van der Waals surface area (Å²) in [6.07, 6.45) is 0. The Morgan fingerprint density at radius 2 is 1.00 bits per heavy atom. The Hall–Kier alpha value is 1.43. The van der Waals surface area contributed by atoms with Gasteiger partial charge in [0.2, 0.25) is 0 Å². The van der Waals surface area contributed by atoms with Crippen molar-refractivity contribution in [3.8, 4) is 0 Å². The summed E-state index contributed by atoms with van der Waals surface area (Å²) in [5.41, 5.74) is 0. The maximum absolute atomic E-state index is 8.88. The van der Waals surface area contributed by atoms with Crippen molar-refractivity contribution in [1.29, 1.82) is 0 Å². The van der Waals surface area contributed by atoms with Crippen LogP contribution < -0.4 is 0 Å². The van der Waals surface area contributed by atoms with Crippen LogP contribution in [-0.4, -0.2) is 76.9 Å². The first kappa shape index (κ1) is 23.3. The van der Waals surface area contributed by atoms with E-state index in [1.54, 1.807) is 0 Å². The van der Waals surface area contributed by atoms with Gasteiger partial charge in [-0.1, -0.05) is 0 Å². The Bertz CT molecular complexity index is 197. The number of hydrogen-bond acceptors (Lipinski definition) is 3. The molecule has 0 fully saturated rings. The van der Waals surface area contributed by atoms with Crippen molar-refractivity contribution in [2.45, 2.75) is 0 Å². The topological polar surface area (TPSA) is 152 Å². The van der Waals surface area contributed by atoms with Gasteiger partial charge in [0.25, 0.3) is 0 Å². The van der Waals surface area contributed by atoms with E-state index in [2.05, 4.69) is 0 Å². The van der Waals surface area contributed by atoms with E-state index in [0.717, 1.165) is 0 Å². The van der Waals surface area contributed by atoms with Crippen LogP contribution in [0.3, 0.4) is 0 Å². The molecule has 0 amide bonds. The molecule has 8 nitrogen and oxygen atoms in total. The molecule has 12 heavy (non-hydrogen) atoms. The summed E-state index contributed by atoms with van der Waals surface area (Å²) in [6, 6.07) is 0. The number of hydrogen-bond donors (Lipinski definition) is 5. The molecular weight excluding hydrogens is 425 g/mol. The number of rotatable bonds is 0. The van der Waals surface area contributed by atoms with E-state index in [1.165, 1.54) is 0 Å². The van der Waals surface area contributed by atoms with Crippen molar-refractivity contribution >= 4 is 62.9 Å². The Balaban J connectivity index is -0.0000000457. The van der Waals surface area contributed by atoms with Crippen molar-refractivity contribution in [2.24, 2.45) is 0 Å². The van der Waals surface area contributed by atoms with E-state index < -0.39 is 18.2 Å². The van der Waals surface area contributed by atoms with Gasteiger partial charge in [0.05, 0.1) is 0 Å². The molecule has 0 saturated carbocycles. The van der Waals surface area contributed by atoms with Crippen LogP contribution in [0.4, 0.5) is 0 Å². The summed E-state index contributed by atoms with van der Waals surface area (Å²) >= 11 is 0. The van der Waals surface area contributed by atoms with Crippen LogP contribution in [0.1, 0.15) is 0 Å². The predicted molar refractivity (Wildman–Crippen MR) is 46.9 cm³/mol. The molecule has 0 heterocycles. The van der Waals surface area contributed by atoms with E-state index in [0.29, 0.717) is 0 Å². The molecule has 0 aliphatic rings. The van der Waals surface area contributed by atoms with Gasteiger partial charge >= 0.3 is 45.5 Å². The SMILES string of the molecule is O=P(O)(O)O.O=S(=O)(O)O.[AlH3].[PbH2]. The average molecular weight is 435 g/mol. The molecule has 0 aromatic rings. The predicted octanol–water partition coefficient (Wildman–Crippen LogP) is -3.68. The molecule has 0 aliphatic heterocycles. The molecule has 0 bridgehead atoms. The molecule has 2 radical (unpaired) electrons. The van der Waals surface area contributed by atoms with Gasteiger partial charge in [0.15, 0.2) is 17.4 Å². The van der Waals surface area contributed by atoms with Crippen LogP contribution in [0, 0.1) is 0 Å². The second-order valence-electron chi connectivity index (χ2n) is 0.961. The Labute approximate surface area is 99.1 Å². The van der Waals surface area contributed by atoms with E-state index in [-0.39, 0.29) is 44.7 Å². The van der Waals surface area contributed by atoms with Gasteiger partial charge in [-0.15, -0.1) is 0 Å². The summed E-state index contributed by atoms with van der Waals surface area (Å²) < 4.78 is 40.5. The van der Waals surface area contributed by atoms with Crippen LogP contribution >= 0.6 is 7.82 Å². The molecule has 0 aliphatic carbocycles. The van der Waals surface area contributed by atoms with Crippen molar-refractivity contribution in [2.75, 3.05) is 0 Å². The van der Waals surface area contributed by atoms with Crippen LogP contribution in [0.5, 0.6) is 0 Å². The first-order valence-electron chi connectivity index (χ1n) is 1.48. The number of phosphoric acid groups is 1. The second-order valence-corrected chi connectivity index (χ2v) is 2.88. The molecule has 0 unspecified atom stereocenters. The zero-order valence-electron chi connectivity index (χ0n) is 5.02. The summed E-state index contributed by atoms with van der Waals surface area (Å²) in [5, 5.41) is 0. The van der Waals surface area contributed by atoms with Gasteiger partial charge in [0, 0.05) is 0 Å². The molecule has 0 rings (SSSR count). The molecule has 0 saturated heterocycles. The van der Waals surface area contributed by atoms with Crippen LogP contribution in [-0.2, 0) is 15.0 Å². The van der Waals surface area contributed by atoms with Gasteiger partial charge in [-0.2, -0.15) is 8.42 Å². The minimum atomic E-state index is -4.67. The van der Waals surface area contributed by atoms with Gasteiger partial charge in [0.1, 0.15) is 0 Å². The Morgan fingerprint density at radius 3 is 1.00 bits per heavy atom. The zero-order chi connectivity index (χ0) is 9.00. The van der Waals surface area contributed by atoms with Crippen LogP contribution in [0.25, 0.3) is 0 Å². The van der Waals surface area contributed by atoms with Crippen molar-refractivity contribution in [3.05, 3.63) is 0 Å². The Kier molecular flexibility index (Phi) is 17.5. The summed E-state index contributed by atoms with van der Waals surface area (Å²) in [7, 11) is -9.31. The molecule has 0 atom stereocenters. The molecule has 5 N–H and O–H groups in total. The molecule has 0 aromatic carbocycles. The zero-order valence-corrected chi connectivity index (χ0v) is 12.2. The van der Waals surface area contributed by atoms with E-state index in [4.69, 9.17) is 36.8 Å². The molecule has 0 spiro atoms. The maximum atomic E-state index is 8.88. The summed E-state index contributed by atoms with van der Waals surface area (Å²) in [4.78, 5) is 21.6. The van der Waals surface area contributed by atoms with Crippen molar-refractivity contribution in [1.82, 2.24) is 0 Å². The van der Waals surface area contributed by atoms with Gasteiger partial charge in [-0.05, 0) is 0 Å². The standard InChI is InChI=1S/Al.H3O4P.H2O4S.Pb.5H/c;2*1-5(2,3)4;;;;;;/h;(H3,1,2,3,4);(H2,1,2,3,4);;;;;;. The Morgan fingerprint density at radius 1 is 1.00 bits per heavy atom. The monoisotopic (exact) mass is 436 g/mol. The third-order valence-corrected chi connectivity index (χ3v) is 0. The van der Waals surface area contributed by atoms with E-state index in [1.807, 2.05) is 0 Å². The quantitative estimate of drug-likeness (QED) is 0.148. The fourth-order valence-electron chi connectivity index (χ4n) is 0. The first-order chi connectivity index (χ1) is 4.00. The first-order valence-corrected chi connectivity index (χ1v) is 4.44. The van der Waals surface area contributed by atoms with Gasteiger partial charge in [-0.25, -0.2) is 4.57 Å². The second kappa shape index (κ2) is 9.01. The third kappa shape index (κ3) is 605. The minimum absolute atomic E-state index is 0. The van der Waals surface area contributed by atoms with Crippen LogP contribution in [0.2, 0.25) is 0 Å².